The molecule has 4 rings (SSSR count). The molecule has 0 unspecified atom stereocenters. The quantitative estimate of drug-likeness (QED) is 0.617. The first kappa shape index (κ1) is 17.0. The Kier molecular flexibility index (Phi) is 4.85. The number of amides is 1. The number of pyridine rings is 1. The minimum atomic E-state index is 0.0802. The zero-order valence-corrected chi connectivity index (χ0v) is 15.7. The summed E-state index contributed by atoms with van der Waals surface area (Å²) < 4.78 is 0. The SMILES string of the molecule is Cc1cc(-c2ccc(C(=O)N3CCCC[C@H]3c3ccccn3)cc2)cs1. The van der Waals surface area contributed by atoms with Crippen molar-refractivity contribution in [1.29, 1.82) is 0 Å². The van der Waals surface area contributed by atoms with Crippen LogP contribution in [0.2, 0.25) is 0 Å². The summed E-state index contributed by atoms with van der Waals surface area (Å²) in [5, 5.41) is 2.16. The van der Waals surface area contributed by atoms with Crippen LogP contribution in [0, 0.1) is 6.92 Å². The third kappa shape index (κ3) is 3.42. The van der Waals surface area contributed by atoms with Crippen LogP contribution in [-0.4, -0.2) is 22.3 Å². The van der Waals surface area contributed by atoms with Gasteiger partial charge in [0.1, 0.15) is 0 Å². The largest absolute Gasteiger partial charge is 0.330 e. The van der Waals surface area contributed by atoms with Gasteiger partial charge in [0.05, 0.1) is 11.7 Å². The molecule has 0 bridgehead atoms. The second-order valence-electron chi connectivity index (χ2n) is 6.79. The molecule has 1 amide bonds. The van der Waals surface area contributed by atoms with Crippen molar-refractivity contribution in [1.82, 2.24) is 9.88 Å². The Morgan fingerprint density at radius 1 is 1.12 bits per heavy atom. The Morgan fingerprint density at radius 2 is 1.96 bits per heavy atom. The van der Waals surface area contributed by atoms with Gasteiger partial charge in [-0.05, 0) is 73.0 Å². The van der Waals surface area contributed by atoms with E-state index in [0.717, 1.165) is 42.6 Å². The highest BCUT2D eigenvalue weighted by Gasteiger charge is 2.29. The highest BCUT2D eigenvalue weighted by molar-refractivity contribution is 7.10. The van der Waals surface area contributed by atoms with Crippen molar-refractivity contribution >= 4 is 17.2 Å². The van der Waals surface area contributed by atoms with Crippen LogP contribution in [0.4, 0.5) is 0 Å². The number of hydrogen-bond acceptors (Lipinski definition) is 3. The van der Waals surface area contributed by atoms with Gasteiger partial charge >= 0.3 is 0 Å². The fourth-order valence-corrected chi connectivity index (χ4v) is 4.33. The maximum atomic E-state index is 13.1. The summed E-state index contributed by atoms with van der Waals surface area (Å²) in [5.41, 5.74) is 4.12. The predicted octanol–water partition coefficient (Wildman–Crippen LogP) is 5.49. The lowest BCUT2D eigenvalue weighted by molar-refractivity contribution is 0.0606. The average Bonchev–Trinajstić information content (AvgIpc) is 3.14. The van der Waals surface area contributed by atoms with Crippen LogP contribution >= 0.6 is 11.3 Å². The number of hydrogen-bond donors (Lipinski definition) is 0. The summed E-state index contributed by atoms with van der Waals surface area (Å²) in [6.45, 7) is 2.91. The standard InChI is InChI=1S/C22H22N2OS/c1-16-14-19(15-26-16)17-8-10-18(11-9-17)22(25)24-13-5-3-7-21(24)20-6-2-4-12-23-20/h2,4,6,8-12,14-15,21H,3,5,7,13H2,1H3/t21-/m0/s1. The molecule has 0 spiro atoms. The van der Waals surface area contributed by atoms with E-state index < -0.39 is 0 Å². The third-order valence-corrected chi connectivity index (χ3v) is 5.85. The highest BCUT2D eigenvalue weighted by atomic mass is 32.1. The van der Waals surface area contributed by atoms with E-state index in [4.69, 9.17) is 0 Å². The third-order valence-electron chi connectivity index (χ3n) is 4.99. The molecule has 0 saturated carbocycles. The van der Waals surface area contributed by atoms with Crippen LogP contribution in [0.15, 0.2) is 60.1 Å². The number of benzene rings is 1. The molecule has 1 atom stereocenters. The monoisotopic (exact) mass is 362 g/mol. The number of thiophene rings is 1. The van der Waals surface area contributed by atoms with Gasteiger partial charge in [-0.2, -0.15) is 0 Å². The van der Waals surface area contributed by atoms with Gasteiger partial charge in [-0.25, -0.2) is 0 Å². The topological polar surface area (TPSA) is 33.2 Å². The van der Waals surface area contributed by atoms with Crippen molar-refractivity contribution < 1.29 is 4.79 Å². The summed E-state index contributed by atoms with van der Waals surface area (Å²) in [4.78, 5) is 20.9. The maximum Gasteiger partial charge on any atom is 0.254 e. The number of carbonyl (C=O) groups is 1. The molecule has 0 N–H and O–H groups in total. The van der Waals surface area contributed by atoms with Crippen LogP contribution in [0.3, 0.4) is 0 Å². The van der Waals surface area contributed by atoms with Gasteiger partial charge in [-0.15, -0.1) is 11.3 Å². The van der Waals surface area contributed by atoms with Crippen LogP contribution in [0.1, 0.15) is 46.2 Å². The lowest BCUT2D eigenvalue weighted by Gasteiger charge is -2.35. The number of aromatic nitrogens is 1. The lowest BCUT2D eigenvalue weighted by atomic mass is 9.97. The van der Waals surface area contributed by atoms with E-state index in [0.29, 0.717) is 0 Å². The molecule has 1 aromatic carbocycles. The zero-order chi connectivity index (χ0) is 17.9. The maximum absolute atomic E-state index is 13.1. The zero-order valence-electron chi connectivity index (χ0n) is 14.9. The van der Waals surface area contributed by atoms with Gasteiger partial charge in [0.15, 0.2) is 0 Å². The van der Waals surface area contributed by atoms with Crippen LogP contribution in [-0.2, 0) is 0 Å². The molecule has 1 fully saturated rings. The molecule has 3 heterocycles. The van der Waals surface area contributed by atoms with Gasteiger partial charge < -0.3 is 4.90 Å². The Morgan fingerprint density at radius 3 is 2.65 bits per heavy atom. The number of likely N-dealkylation sites (tertiary alicyclic amines) is 1. The Balaban J connectivity index is 1.57. The Labute approximate surface area is 158 Å². The normalized spacial score (nSPS) is 17.3. The summed E-state index contributed by atoms with van der Waals surface area (Å²) in [5.74, 6) is 0.105. The van der Waals surface area contributed by atoms with E-state index in [1.54, 1.807) is 11.3 Å². The Bertz CT molecular complexity index is 886. The van der Waals surface area contributed by atoms with Crippen molar-refractivity contribution in [2.24, 2.45) is 0 Å². The number of rotatable bonds is 3. The van der Waals surface area contributed by atoms with Gasteiger partial charge in [0.25, 0.3) is 5.91 Å². The highest BCUT2D eigenvalue weighted by Crippen LogP contribution is 2.31. The van der Waals surface area contributed by atoms with Crippen LogP contribution < -0.4 is 0 Å². The minimum Gasteiger partial charge on any atom is -0.330 e. The van der Waals surface area contributed by atoms with Crippen molar-refractivity contribution in [3.63, 3.8) is 0 Å². The smallest absolute Gasteiger partial charge is 0.254 e. The summed E-state index contributed by atoms with van der Waals surface area (Å²) >= 11 is 1.75. The lowest BCUT2D eigenvalue weighted by Crippen LogP contribution is -2.38. The van der Waals surface area contributed by atoms with E-state index in [9.17, 15) is 4.79 Å². The molecule has 1 saturated heterocycles. The first-order chi connectivity index (χ1) is 12.7. The van der Waals surface area contributed by atoms with Crippen molar-refractivity contribution in [3.05, 3.63) is 76.2 Å². The molecule has 1 aliphatic rings. The van der Waals surface area contributed by atoms with E-state index >= 15 is 0 Å². The van der Waals surface area contributed by atoms with Gasteiger partial charge in [-0.1, -0.05) is 18.2 Å². The van der Waals surface area contributed by atoms with Gasteiger partial charge in [0, 0.05) is 23.2 Å². The summed E-state index contributed by atoms with van der Waals surface area (Å²) in [6.07, 6.45) is 4.99. The predicted molar refractivity (Wildman–Crippen MR) is 106 cm³/mol. The van der Waals surface area contributed by atoms with Gasteiger partial charge in [-0.3, -0.25) is 9.78 Å². The second-order valence-corrected chi connectivity index (χ2v) is 7.90. The number of aryl methyl sites for hydroxylation is 1. The molecule has 26 heavy (non-hydrogen) atoms. The van der Waals surface area contributed by atoms with Crippen molar-refractivity contribution in [3.8, 4) is 11.1 Å². The second kappa shape index (κ2) is 7.42. The van der Waals surface area contributed by atoms with Gasteiger partial charge in [0.2, 0.25) is 0 Å². The first-order valence-corrected chi connectivity index (χ1v) is 9.98. The van der Waals surface area contributed by atoms with Crippen molar-refractivity contribution in [2.45, 2.75) is 32.2 Å². The first-order valence-electron chi connectivity index (χ1n) is 9.10. The van der Waals surface area contributed by atoms with E-state index in [-0.39, 0.29) is 11.9 Å². The number of piperidine rings is 1. The molecule has 1 aliphatic heterocycles. The number of nitrogens with zero attached hydrogens (tertiary/aromatic N) is 2. The molecule has 3 nitrogen and oxygen atoms in total. The molecular weight excluding hydrogens is 340 g/mol. The minimum absolute atomic E-state index is 0.0802. The van der Waals surface area contributed by atoms with Crippen LogP contribution in [0.5, 0.6) is 0 Å². The molecular formula is C22H22N2OS. The molecule has 132 valence electrons. The molecule has 0 aliphatic carbocycles. The molecule has 0 radical (unpaired) electrons. The molecule has 4 heteroatoms. The van der Waals surface area contributed by atoms with E-state index in [2.05, 4.69) is 35.5 Å². The molecule has 3 aromatic rings. The fourth-order valence-electron chi connectivity index (χ4n) is 3.62. The van der Waals surface area contributed by atoms with Crippen molar-refractivity contribution in [2.75, 3.05) is 6.54 Å². The van der Waals surface area contributed by atoms with E-state index in [1.807, 2.05) is 41.4 Å². The fraction of sp³-hybridized carbons (Fsp3) is 0.273. The average molecular weight is 362 g/mol. The van der Waals surface area contributed by atoms with E-state index in [1.165, 1.54) is 10.4 Å². The van der Waals surface area contributed by atoms with Crippen LogP contribution in [0.25, 0.3) is 11.1 Å². The number of carbonyl (C=O) groups excluding carboxylic acids is 1. The molecule has 2 aromatic heterocycles. The Hall–Kier alpha value is -2.46. The summed E-state index contributed by atoms with van der Waals surface area (Å²) in [6, 6.07) is 16.2. The summed E-state index contributed by atoms with van der Waals surface area (Å²) in [7, 11) is 0.